The SMILES string of the molecule is O=C(CNC(=O)NC1CCOCC1)Nc1ccc(F)c(Cl)c1. The molecule has 1 saturated heterocycles. The van der Waals surface area contributed by atoms with E-state index < -0.39 is 17.8 Å². The monoisotopic (exact) mass is 329 g/mol. The molecule has 0 saturated carbocycles. The normalized spacial score (nSPS) is 15.2. The van der Waals surface area contributed by atoms with Crippen molar-refractivity contribution in [2.45, 2.75) is 18.9 Å². The minimum Gasteiger partial charge on any atom is -0.381 e. The van der Waals surface area contributed by atoms with Crippen LogP contribution >= 0.6 is 11.6 Å². The molecule has 1 aromatic carbocycles. The van der Waals surface area contributed by atoms with Crippen LogP contribution in [0.1, 0.15) is 12.8 Å². The molecule has 3 amide bonds. The van der Waals surface area contributed by atoms with Crippen molar-refractivity contribution >= 4 is 29.2 Å². The zero-order chi connectivity index (χ0) is 15.9. The van der Waals surface area contributed by atoms with E-state index >= 15 is 0 Å². The van der Waals surface area contributed by atoms with Crippen molar-refractivity contribution in [3.05, 3.63) is 29.0 Å². The van der Waals surface area contributed by atoms with Crippen molar-refractivity contribution in [3.63, 3.8) is 0 Å². The third-order valence-corrected chi connectivity index (χ3v) is 3.46. The molecule has 0 aromatic heterocycles. The summed E-state index contributed by atoms with van der Waals surface area (Å²) in [6.45, 7) is 1.05. The molecule has 2 rings (SSSR count). The third kappa shape index (κ3) is 5.16. The number of halogens is 2. The van der Waals surface area contributed by atoms with Crippen molar-refractivity contribution in [3.8, 4) is 0 Å². The number of nitrogens with one attached hydrogen (secondary N) is 3. The molecule has 1 aliphatic rings. The summed E-state index contributed by atoms with van der Waals surface area (Å²) < 4.78 is 18.2. The quantitative estimate of drug-likeness (QED) is 0.789. The van der Waals surface area contributed by atoms with Gasteiger partial charge < -0.3 is 20.7 Å². The number of hydrogen-bond donors (Lipinski definition) is 3. The van der Waals surface area contributed by atoms with Crippen LogP contribution in [-0.4, -0.2) is 37.7 Å². The molecule has 0 radical (unpaired) electrons. The van der Waals surface area contributed by atoms with Crippen molar-refractivity contribution < 1.29 is 18.7 Å². The Kier molecular flexibility index (Phi) is 5.97. The summed E-state index contributed by atoms with van der Waals surface area (Å²) in [5, 5.41) is 7.68. The van der Waals surface area contributed by atoms with E-state index in [0.717, 1.165) is 18.9 Å². The lowest BCUT2D eigenvalue weighted by Crippen LogP contribution is -2.46. The zero-order valence-corrected chi connectivity index (χ0v) is 12.6. The van der Waals surface area contributed by atoms with Crippen molar-refractivity contribution in [2.75, 3.05) is 25.1 Å². The number of rotatable bonds is 4. The van der Waals surface area contributed by atoms with Crippen LogP contribution in [0.4, 0.5) is 14.9 Å². The summed E-state index contributed by atoms with van der Waals surface area (Å²) in [5.74, 6) is -0.988. The first-order chi connectivity index (χ1) is 10.5. The zero-order valence-electron chi connectivity index (χ0n) is 11.8. The Balaban J connectivity index is 1.72. The van der Waals surface area contributed by atoms with Crippen LogP contribution in [0.15, 0.2) is 18.2 Å². The van der Waals surface area contributed by atoms with Crippen molar-refractivity contribution in [1.82, 2.24) is 10.6 Å². The average Bonchev–Trinajstić information content (AvgIpc) is 2.50. The Morgan fingerprint density at radius 2 is 2.05 bits per heavy atom. The van der Waals surface area contributed by atoms with E-state index in [1.165, 1.54) is 12.1 Å². The smallest absolute Gasteiger partial charge is 0.315 e. The Labute approximate surface area is 132 Å². The summed E-state index contributed by atoms with van der Waals surface area (Å²) in [6.07, 6.45) is 1.52. The fourth-order valence-electron chi connectivity index (χ4n) is 2.02. The Bertz CT molecular complexity index is 550. The Morgan fingerprint density at radius 3 is 2.73 bits per heavy atom. The minimum absolute atomic E-state index is 0.0627. The lowest BCUT2D eigenvalue weighted by atomic mass is 10.1. The third-order valence-electron chi connectivity index (χ3n) is 3.17. The van der Waals surface area contributed by atoms with Crippen LogP contribution in [0.2, 0.25) is 5.02 Å². The number of urea groups is 1. The Hall–Kier alpha value is -1.86. The average molecular weight is 330 g/mol. The molecular formula is C14H17ClFN3O3. The van der Waals surface area contributed by atoms with Gasteiger partial charge in [0.1, 0.15) is 5.82 Å². The van der Waals surface area contributed by atoms with Gasteiger partial charge in [0, 0.05) is 24.9 Å². The van der Waals surface area contributed by atoms with E-state index in [-0.39, 0.29) is 17.6 Å². The van der Waals surface area contributed by atoms with Gasteiger partial charge in [0.15, 0.2) is 0 Å². The molecule has 0 spiro atoms. The van der Waals surface area contributed by atoms with Crippen LogP contribution in [0.3, 0.4) is 0 Å². The van der Waals surface area contributed by atoms with Gasteiger partial charge in [-0.05, 0) is 31.0 Å². The molecule has 1 aromatic rings. The molecule has 8 heteroatoms. The standard InChI is InChI=1S/C14H17ClFN3O3/c15-11-7-10(1-2-12(11)16)18-13(20)8-17-14(21)19-9-3-5-22-6-4-9/h1-2,7,9H,3-6,8H2,(H,18,20)(H2,17,19,21). The second-order valence-electron chi connectivity index (χ2n) is 4.89. The molecule has 1 heterocycles. The van der Waals surface area contributed by atoms with Gasteiger partial charge in [0.2, 0.25) is 5.91 Å². The van der Waals surface area contributed by atoms with Gasteiger partial charge in [-0.2, -0.15) is 0 Å². The number of anilines is 1. The predicted molar refractivity (Wildman–Crippen MR) is 80.4 cm³/mol. The van der Waals surface area contributed by atoms with Crippen molar-refractivity contribution in [1.29, 1.82) is 0 Å². The van der Waals surface area contributed by atoms with Crippen LogP contribution in [0.25, 0.3) is 0 Å². The number of carbonyl (C=O) groups is 2. The molecule has 1 aliphatic heterocycles. The lowest BCUT2D eigenvalue weighted by molar-refractivity contribution is -0.115. The number of carbonyl (C=O) groups excluding carboxylic acids is 2. The molecule has 0 unspecified atom stereocenters. The molecule has 22 heavy (non-hydrogen) atoms. The van der Waals surface area contributed by atoms with E-state index in [0.29, 0.717) is 18.9 Å². The lowest BCUT2D eigenvalue weighted by Gasteiger charge is -2.23. The van der Waals surface area contributed by atoms with Crippen molar-refractivity contribution in [2.24, 2.45) is 0 Å². The first-order valence-electron chi connectivity index (χ1n) is 6.91. The molecular weight excluding hydrogens is 313 g/mol. The van der Waals surface area contributed by atoms with Gasteiger partial charge in [-0.25, -0.2) is 9.18 Å². The van der Waals surface area contributed by atoms with Crippen LogP contribution in [0.5, 0.6) is 0 Å². The van der Waals surface area contributed by atoms with Crippen LogP contribution in [-0.2, 0) is 9.53 Å². The van der Waals surface area contributed by atoms with E-state index in [2.05, 4.69) is 16.0 Å². The number of amides is 3. The highest BCUT2D eigenvalue weighted by Crippen LogP contribution is 2.19. The van der Waals surface area contributed by atoms with Gasteiger partial charge >= 0.3 is 6.03 Å². The first kappa shape index (κ1) is 16.5. The van der Waals surface area contributed by atoms with Gasteiger partial charge in [-0.15, -0.1) is 0 Å². The highest BCUT2D eigenvalue weighted by Gasteiger charge is 2.16. The minimum atomic E-state index is -0.561. The molecule has 0 aliphatic carbocycles. The fraction of sp³-hybridized carbons (Fsp3) is 0.429. The van der Waals surface area contributed by atoms with Crippen LogP contribution in [0, 0.1) is 5.82 Å². The molecule has 1 fully saturated rings. The van der Waals surface area contributed by atoms with Gasteiger partial charge in [0.05, 0.1) is 11.6 Å². The summed E-state index contributed by atoms with van der Waals surface area (Å²) in [6, 6.07) is 3.51. The first-order valence-corrected chi connectivity index (χ1v) is 7.29. The number of hydrogen-bond acceptors (Lipinski definition) is 3. The highest BCUT2D eigenvalue weighted by molar-refractivity contribution is 6.31. The van der Waals surface area contributed by atoms with E-state index in [9.17, 15) is 14.0 Å². The molecule has 0 atom stereocenters. The maximum absolute atomic E-state index is 13.0. The Morgan fingerprint density at radius 1 is 1.32 bits per heavy atom. The number of benzene rings is 1. The summed E-state index contributed by atoms with van der Waals surface area (Å²) >= 11 is 5.62. The van der Waals surface area contributed by atoms with E-state index in [4.69, 9.17) is 16.3 Å². The largest absolute Gasteiger partial charge is 0.381 e. The van der Waals surface area contributed by atoms with E-state index in [1.807, 2.05) is 0 Å². The van der Waals surface area contributed by atoms with E-state index in [1.54, 1.807) is 0 Å². The molecule has 6 nitrogen and oxygen atoms in total. The van der Waals surface area contributed by atoms with Crippen LogP contribution < -0.4 is 16.0 Å². The maximum Gasteiger partial charge on any atom is 0.315 e. The highest BCUT2D eigenvalue weighted by atomic mass is 35.5. The molecule has 120 valence electrons. The molecule has 0 bridgehead atoms. The molecule has 3 N–H and O–H groups in total. The van der Waals surface area contributed by atoms with Gasteiger partial charge in [-0.1, -0.05) is 11.6 Å². The maximum atomic E-state index is 13.0. The predicted octanol–water partition coefficient (Wildman–Crippen LogP) is 1.90. The number of ether oxygens (including phenoxy) is 1. The fourth-order valence-corrected chi connectivity index (χ4v) is 2.20. The second-order valence-corrected chi connectivity index (χ2v) is 5.30. The van der Waals surface area contributed by atoms with Gasteiger partial charge in [0.25, 0.3) is 0 Å². The topological polar surface area (TPSA) is 79.5 Å². The summed E-state index contributed by atoms with van der Waals surface area (Å²) in [5.41, 5.74) is 0.364. The summed E-state index contributed by atoms with van der Waals surface area (Å²) in [4.78, 5) is 23.3. The summed E-state index contributed by atoms with van der Waals surface area (Å²) in [7, 11) is 0. The van der Waals surface area contributed by atoms with Gasteiger partial charge in [-0.3, -0.25) is 4.79 Å². The second kappa shape index (κ2) is 7.95.